The summed E-state index contributed by atoms with van der Waals surface area (Å²) in [5.41, 5.74) is 6.30. The lowest BCUT2D eigenvalue weighted by Crippen LogP contribution is -2.19. The fourth-order valence-corrected chi connectivity index (χ4v) is 4.07. The molecule has 1 amide bonds. The first-order valence-corrected chi connectivity index (χ1v) is 11.5. The average molecular weight is 457 g/mol. The number of fused-ring (bicyclic) bond motifs is 1. The number of aromatic nitrogens is 2. The Hall–Kier alpha value is -3.71. The van der Waals surface area contributed by atoms with Gasteiger partial charge in [0, 0.05) is 11.4 Å². The smallest absolute Gasteiger partial charge is 0.250 e. The van der Waals surface area contributed by atoms with Crippen molar-refractivity contribution >= 4 is 34.7 Å². The van der Waals surface area contributed by atoms with Crippen LogP contribution in [0.15, 0.2) is 83.1 Å². The number of hydrogen-bond acceptors (Lipinski definition) is 6. The summed E-state index contributed by atoms with van der Waals surface area (Å²) >= 11 is 1.28. The SMILES string of the molecule is Cc1cc(C)nc(SCC(=O)N/N=C/c2ccc(OCc3cccc4ccccc34)cc2)n1. The predicted octanol–water partition coefficient (Wildman–Crippen LogP) is 5.07. The molecule has 0 unspecified atom stereocenters. The van der Waals surface area contributed by atoms with Crippen LogP contribution in [0.4, 0.5) is 0 Å². The van der Waals surface area contributed by atoms with Crippen LogP contribution in [-0.4, -0.2) is 27.8 Å². The first kappa shape index (κ1) is 22.5. The molecule has 166 valence electrons. The van der Waals surface area contributed by atoms with Crippen LogP contribution in [0.1, 0.15) is 22.5 Å². The van der Waals surface area contributed by atoms with Crippen LogP contribution >= 0.6 is 11.8 Å². The molecular weight excluding hydrogens is 432 g/mol. The Morgan fingerprint density at radius 2 is 1.73 bits per heavy atom. The Balaban J connectivity index is 1.26. The third-order valence-corrected chi connectivity index (χ3v) is 5.70. The second-order valence-electron chi connectivity index (χ2n) is 7.51. The minimum absolute atomic E-state index is 0.196. The van der Waals surface area contributed by atoms with Crippen LogP contribution in [0.25, 0.3) is 10.8 Å². The average Bonchev–Trinajstić information content (AvgIpc) is 2.82. The van der Waals surface area contributed by atoms with Crippen LogP contribution in [0.5, 0.6) is 5.75 Å². The molecule has 0 fully saturated rings. The van der Waals surface area contributed by atoms with Crippen molar-refractivity contribution in [2.45, 2.75) is 25.6 Å². The maximum absolute atomic E-state index is 12.0. The van der Waals surface area contributed by atoms with Gasteiger partial charge in [-0.15, -0.1) is 0 Å². The van der Waals surface area contributed by atoms with E-state index in [1.807, 2.05) is 62.4 Å². The van der Waals surface area contributed by atoms with Crippen molar-refractivity contribution in [3.63, 3.8) is 0 Å². The van der Waals surface area contributed by atoms with Crippen molar-refractivity contribution in [3.05, 3.63) is 95.3 Å². The number of rotatable bonds is 8. The molecule has 0 atom stereocenters. The highest BCUT2D eigenvalue weighted by Crippen LogP contribution is 2.21. The zero-order valence-corrected chi connectivity index (χ0v) is 19.3. The Morgan fingerprint density at radius 3 is 2.52 bits per heavy atom. The molecule has 0 radical (unpaired) electrons. The predicted molar refractivity (Wildman–Crippen MR) is 133 cm³/mol. The van der Waals surface area contributed by atoms with E-state index in [4.69, 9.17) is 4.74 Å². The topological polar surface area (TPSA) is 76.5 Å². The standard InChI is InChI=1S/C26H24N4O2S/c1-18-14-19(2)29-26(28-18)33-17-25(31)30-27-15-20-10-12-23(13-11-20)32-16-22-8-5-7-21-6-3-4-9-24(21)22/h3-15H,16-17H2,1-2H3,(H,30,31)/b27-15+. The van der Waals surface area contributed by atoms with E-state index in [-0.39, 0.29) is 11.7 Å². The van der Waals surface area contributed by atoms with Crippen molar-refractivity contribution in [1.82, 2.24) is 15.4 Å². The molecule has 1 heterocycles. The highest BCUT2D eigenvalue weighted by Gasteiger charge is 2.05. The van der Waals surface area contributed by atoms with Crippen LogP contribution in [-0.2, 0) is 11.4 Å². The van der Waals surface area contributed by atoms with E-state index in [0.717, 1.165) is 28.3 Å². The van der Waals surface area contributed by atoms with E-state index in [9.17, 15) is 4.79 Å². The summed E-state index contributed by atoms with van der Waals surface area (Å²) in [6.07, 6.45) is 1.60. The molecule has 0 aliphatic rings. The summed E-state index contributed by atoms with van der Waals surface area (Å²) in [6, 6.07) is 24.0. The summed E-state index contributed by atoms with van der Waals surface area (Å²) in [6.45, 7) is 4.30. The van der Waals surface area contributed by atoms with Gasteiger partial charge in [-0.25, -0.2) is 15.4 Å². The molecule has 0 saturated carbocycles. The van der Waals surface area contributed by atoms with Gasteiger partial charge in [0.25, 0.3) is 5.91 Å². The molecule has 3 aromatic carbocycles. The number of hydrazone groups is 1. The van der Waals surface area contributed by atoms with Gasteiger partial charge in [-0.1, -0.05) is 54.2 Å². The van der Waals surface area contributed by atoms with E-state index in [0.29, 0.717) is 11.8 Å². The second-order valence-corrected chi connectivity index (χ2v) is 8.45. The fourth-order valence-electron chi connectivity index (χ4n) is 3.33. The Kier molecular flexibility index (Phi) is 7.32. The second kappa shape index (κ2) is 10.7. The van der Waals surface area contributed by atoms with Gasteiger partial charge in [0.1, 0.15) is 12.4 Å². The van der Waals surface area contributed by atoms with Crippen LogP contribution < -0.4 is 10.2 Å². The molecule has 0 bridgehead atoms. The van der Waals surface area contributed by atoms with E-state index in [1.54, 1.807) is 6.21 Å². The lowest BCUT2D eigenvalue weighted by atomic mass is 10.1. The number of carbonyl (C=O) groups excluding carboxylic acids is 1. The highest BCUT2D eigenvalue weighted by molar-refractivity contribution is 7.99. The largest absolute Gasteiger partial charge is 0.489 e. The van der Waals surface area contributed by atoms with Gasteiger partial charge in [0.05, 0.1) is 12.0 Å². The van der Waals surface area contributed by atoms with E-state index >= 15 is 0 Å². The third kappa shape index (κ3) is 6.40. The molecule has 0 spiro atoms. The number of benzene rings is 3. The minimum Gasteiger partial charge on any atom is -0.489 e. The van der Waals surface area contributed by atoms with Gasteiger partial charge in [0.15, 0.2) is 5.16 Å². The Labute approximate surface area is 197 Å². The van der Waals surface area contributed by atoms with E-state index < -0.39 is 0 Å². The van der Waals surface area contributed by atoms with Gasteiger partial charge in [-0.3, -0.25) is 4.79 Å². The minimum atomic E-state index is -0.214. The van der Waals surface area contributed by atoms with E-state index in [1.165, 1.54) is 22.5 Å². The molecule has 1 aromatic heterocycles. The molecular formula is C26H24N4O2S. The summed E-state index contributed by atoms with van der Waals surface area (Å²) in [5.74, 6) is 0.754. The fraction of sp³-hybridized carbons (Fsp3) is 0.154. The summed E-state index contributed by atoms with van der Waals surface area (Å²) in [4.78, 5) is 20.6. The normalized spacial score (nSPS) is 11.1. The van der Waals surface area contributed by atoms with E-state index in [2.05, 4.69) is 44.8 Å². The van der Waals surface area contributed by atoms with Gasteiger partial charge in [-0.2, -0.15) is 5.10 Å². The van der Waals surface area contributed by atoms with Gasteiger partial charge in [0.2, 0.25) is 0 Å². The molecule has 0 aliphatic heterocycles. The summed E-state index contributed by atoms with van der Waals surface area (Å²) in [7, 11) is 0. The maximum atomic E-state index is 12.0. The Morgan fingerprint density at radius 1 is 1.00 bits per heavy atom. The summed E-state index contributed by atoms with van der Waals surface area (Å²) < 4.78 is 5.96. The molecule has 4 aromatic rings. The number of hydrogen-bond donors (Lipinski definition) is 1. The zero-order chi connectivity index (χ0) is 23.0. The lowest BCUT2D eigenvalue weighted by molar-refractivity contribution is -0.118. The third-order valence-electron chi connectivity index (χ3n) is 4.85. The van der Waals surface area contributed by atoms with Crippen molar-refractivity contribution in [2.24, 2.45) is 5.10 Å². The molecule has 1 N–H and O–H groups in total. The van der Waals surface area contributed by atoms with Crippen LogP contribution in [0, 0.1) is 13.8 Å². The van der Waals surface area contributed by atoms with Crippen molar-refractivity contribution in [2.75, 3.05) is 5.75 Å². The first-order valence-electron chi connectivity index (χ1n) is 10.5. The van der Waals surface area contributed by atoms with Crippen molar-refractivity contribution in [1.29, 1.82) is 0 Å². The molecule has 4 rings (SSSR count). The molecule has 33 heavy (non-hydrogen) atoms. The zero-order valence-electron chi connectivity index (χ0n) is 18.5. The molecule has 0 aliphatic carbocycles. The van der Waals surface area contributed by atoms with Gasteiger partial charge < -0.3 is 4.74 Å². The quantitative estimate of drug-likeness (QED) is 0.173. The number of ether oxygens (including phenoxy) is 1. The molecule has 6 nitrogen and oxygen atoms in total. The number of aryl methyl sites for hydroxylation is 2. The van der Waals surface area contributed by atoms with Crippen molar-refractivity contribution in [3.8, 4) is 5.75 Å². The number of amides is 1. The number of nitrogens with zero attached hydrogens (tertiary/aromatic N) is 3. The highest BCUT2D eigenvalue weighted by atomic mass is 32.2. The number of thioether (sulfide) groups is 1. The summed E-state index contributed by atoms with van der Waals surface area (Å²) in [5, 5.41) is 7.01. The van der Waals surface area contributed by atoms with Gasteiger partial charge in [-0.05, 0) is 66.1 Å². The maximum Gasteiger partial charge on any atom is 0.250 e. The van der Waals surface area contributed by atoms with Crippen LogP contribution in [0.3, 0.4) is 0 Å². The Bertz CT molecular complexity index is 1260. The first-order chi connectivity index (χ1) is 16.1. The monoisotopic (exact) mass is 456 g/mol. The van der Waals surface area contributed by atoms with Gasteiger partial charge >= 0.3 is 0 Å². The molecule has 0 saturated heterocycles. The van der Waals surface area contributed by atoms with Crippen molar-refractivity contribution < 1.29 is 9.53 Å². The number of carbonyl (C=O) groups is 1. The number of nitrogens with one attached hydrogen (secondary N) is 1. The lowest BCUT2D eigenvalue weighted by Gasteiger charge is -2.09. The molecule has 7 heteroatoms. The van der Waals surface area contributed by atoms with Crippen LogP contribution in [0.2, 0.25) is 0 Å².